The Bertz CT molecular complexity index is 945. The van der Waals surface area contributed by atoms with Gasteiger partial charge in [-0.3, -0.25) is 4.79 Å². The lowest BCUT2D eigenvalue weighted by molar-refractivity contribution is -0.125. The third-order valence-electron chi connectivity index (χ3n) is 4.64. The van der Waals surface area contributed by atoms with Gasteiger partial charge in [-0.15, -0.1) is 11.3 Å². The van der Waals surface area contributed by atoms with Crippen molar-refractivity contribution in [3.05, 3.63) is 50.3 Å². The van der Waals surface area contributed by atoms with Gasteiger partial charge >= 0.3 is 0 Å². The van der Waals surface area contributed by atoms with Crippen LogP contribution in [0.4, 0.5) is 5.00 Å². The van der Waals surface area contributed by atoms with Gasteiger partial charge in [0.25, 0.3) is 5.91 Å². The highest BCUT2D eigenvalue weighted by Gasteiger charge is 2.31. The Hall–Kier alpha value is -2.17. The molecule has 132 valence electrons. The highest BCUT2D eigenvalue weighted by atomic mass is 79.9. The molecule has 2 aliphatic rings. The van der Waals surface area contributed by atoms with Gasteiger partial charge in [0.05, 0.1) is 11.3 Å². The largest absolute Gasteiger partial charge is 0.382 e. The summed E-state index contributed by atoms with van der Waals surface area (Å²) in [5.74, 6) is -0.256. The maximum Gasteiger partial charge on any atom is 0.269 e. The number of nitriles is 1. The van der Waals surface area contributed by atoms with Crippen LogP contribution in [0.1, 0.15) is 40.8 Å². The molecule has 26 heavy (non-hydrogen) atoms. The minimum atomic E-state index is -0.672. The van der Waals surface area contributed by atoms with Gasteiger partial charge in [0.2, 0.25) is 6.10 Å². The zero-order valence-electron chi connectivity index (χ0n) is 13.9. The van der Waals surface area contributed by atoms with Crippen LogP contribution in [0.15, 0.2) is 33.9 Å². The van der Waals surface area contributed by atoms with Crippen molar-refractivity contribution in [2.24, 2.45) is 5.16 Å². The molecule has 1 unspecified atom stereocenters. The van der Waals surface area contributed by atoms with E-state index in [9.17, 15) is 10.1 Å². The van der Waals surface area contributed by atoms with Crippen LogP contribution in [-0.2, 0) is 22.5 Å². The molecule has 7 heteroatoms. The van der Waals surface area contributed by atoms with Crippen molar-refractivity contribution in [2.75, 3.05) is 5.32 Å². The van der Waals surface area contributed by atoms with Gasteiger partial charge in [-0.25, -0.2) is 0 Å². The fourth-order valence-electron chi connectivity index (χ4n) is 3.32. The number of rotatable bonds is 3. The molecular weight excluding hydrogens is 414 g/mol. The summed E-state index contributed by atoms with van der Waals surface area (Å²) in [7, 11) is 0. The zero-order chi connectivity index (χ0) is 18.1. The Morgan fingerprint density at radius 3 is 3.04 bits per heavy atom. The molecule has 1 N–H and O–H groups in total. The third-order valence-corrected chi connectivity index (χ3v) is 6.34. The second-order valence-electron chi connectivity index (χ2n) is 6.36. The van der Waals surface area contributed by atoms with Gasteiger partial charge in [0.1, 0.15) is 11.1 Å². The zero-order valence-corrected chi connectivity index (χ0v) is 16.3. The molecule has 5 nitrogen and oxygen atoms in total. The first-order valence-electron chi connectivity index (χ1n) is 8.50. The molecule has 2 heterocycles. The third kappa shape index (κ3) is 3.27. The summed E-state index contributed by atoms with van der Waals surface area (Å²) in [5.41, 5.74) is 3.40. The van der Waals surface area contributed by atoms with Crippen LogP contribution in [0.5, 0.6) is 0 Å². The number of oxime groups is 1. The Morgan fingerprint density at radius 2 is 2.23 bits per heavy atom. The highest BCUT2D eigenvalue weighted by molar-refractivity contribution is 9.10. The normalized spacial score (nSPS) is 18.5. The molecule has 0 saturated heterocycles. The van der Waals surface area contributed by atoms with Crippen molar-refractivity contribution in [3.63, 3.8) is 0 Å². The van der Waals surface area contributed by atoms with Crippen molar-refractivity contribution in [1.29, 1.82) is 5.26 Å². The molecule has 1 aliphatic heterocycles. The maximum atomic E-state index is 12.6. The first-order valence-corrected chi connectivity index (χ1v) is 10.1. The van der Waals surface area contributed by atoms with Crippen molar-refractivity contribution < 1.29 is 9.63 Å². The molecule has 1 aromatic heterocycles. The van der Waals surface area contributed by atoms with Gasteiger partial charge in [0.15, 0.2) is 0 Å². The Balaban J connectivity index is 1.47. The lowest BCUT2D eigenvalue weighted by atomic mass is 9.96. The molecule has 1 aromatic carbocycles. The fourth-order valence-corrected chi connectivity index (χ4v) is 4.96. The van der Waals surface area contributed by atoms with Crippen molar-refractivity contribution in [3.8, 4) is 6.07 Å². The molecule has 1 atom stereocenters. The Morgan fingerprint density at radius 1 is 1.38 bits per heavy atom. The Labute approximate surface area is 163 Å². The minimum Gasteiger partial charge on any atom is -0.382 e. The van der Waals surface area contributed by atoms with Crippen LogP contribution >= 0.6 is 27.3 Å². The van der Waals surface area contributed by atoms with Gasteiger partial charge in [-0.1, -0.05) is 33.2 Å². The number of halogens is 1. The molecule has 1 amide bonds. The highest BCUT2D eigenvalue weighted by Crippen LogP contribution is 2.37. The molecule has 0 radical (unpaired) electrons. The van der Waals surface area contributed by atoms with E-state index in [0.29, 0.717) is 17.0 Å². The maximum absolute atomic E-state index is 12.6. The summed E-state index contributed by atoms with van der Waals surface area (Å²) >= 11 is 4.96. The molecule has 2 aromatic rings. The average molecular weight is 430 g/mol. The summed E-state index contributed by atoms with van der Waals surface area (Å²) in [5, 5.41) is 17.1. The first kappa shape index (κ1) is 17.3. The van der Waals surface area contributed by atoms with Crippen LogP contribution < -0.4 is 5.32 Å². The number of fused-ring (bicyclic) bond motifs is 1. The molecule has 0 saturated carbocycles. The van der Waals surface area contributed by atoms with Crippen LogP contribution in [0, 0.1) is 11.3 Å². The predicted octanol–water partition coefficient (Wildman–Crippen LogP) is 4.39. The number of amides is 1. The second kappa shape index (κ2) is 7.22. The van der Waals surface area contributed by atoms with Gasteiger partial charge < -0.3 is 10.2 Å². The quantitative estimate of drug-likeness (QED) is 0.785. The van der Waals surface area contributed by atoms with Gasteiger partial charge in [-0.2, -0.15) is 5.26 Å². The van der Waals surface area contributed by atoms with E-state index in [2.05, 4.69) is 32.5 Å². The van der Waals surface area contributed by atoms with Crippen LogP contribution in [0.25, 0.3) is 0 Å². The van der Waals surface area contributed by atoms with E-state index in [1.165, 1.54) is 16.2 Å². The van der Waals surface area contributed by atoms with E-state index in [-0.39, 0.29) is 5.91 Å². The van der Waals surface area contributed by atoms with E-state index >= 15 is 0 Å². The monoisotopic (exact) mass is 429 g/mol. The molecule has 0 bridgehead atoms. The minimum absolute atomic E-state index is 0.256. The number of thiophene rings is 1. The Kier molecular flexibility index (Phi) is 4.79. The second-order valence-corrected chi connectivity index (χ2v) is 8.38. The van der Waals surface area contributed by atoms with Gasteiger partial charge in [-0.05, 0) is 43.4 Å². The number of carbonyl (C=O) groups is 1. The average Bonchev–Trinajstić information content (AvgIpc) is 3.26. The van der Waals surface area contributed by atoms with Crippen LogP contribution in [-0.4, -0.2) is 17.7 Å². The number of nitrogens with one attached hydrogen (secondary N) is 1. The SMILES string of the molecule is N#Cc1c(NC(=O)C2CC(c3cccc(Br)c3)=NO2)sc2c1CCCC2. The lowest BCUT2D eigenvalue weighted by Gasteiger charge is -2.10. The molecule has 0 spiro atoms. The molecule has 1 aliphatic carbocycles. The summed E-state index contributed by atoms with van der Waals surface area (Å²) in [6.07, 6.45) is 3.88. The number of hydrogen-bond donors (Lipinski definition) is 1. The smallest absolute Gasteiger partial charge is 0.269 e. The van der Waals surface area contributed by atoms with Crippen molar-refractivity contribution >= 4 is 43.9 Å². The number of nitrogens with zero attached hydrogens (tertiary/aromatic N) is 2. The number of benzene rings is 1. The number of carbonyl (C=O) groups excluding carboxylic acids is 1. The van der Waals surface area contributed by atoms with E-state index in [0.717, 1.165) is 47.0 Å². The van der Waals surface area contributed by atoms with Crippen LogP contribution in [0.3, 0.4) is 0 Å². The van der Waals surface area contributed by atoms with Crippen molar-refractivity contribution in [2.45, 2.75) is 38.2 Å². The summed E-state index contributed by atoms with van der Waals surface area (Å²) < 4.78 is 0.952. The van der Waals surface area contributed by atoms with Crippen molar-refractivity contribution in [1.82, 2.24) is 0 Å². The first-order chi connectivity index (χ1) is 12.7. The van der Waals surface area contributed by atoms with E-state index in [4.69, 9.17) is 4.84 Å². The summed E-state index contributed by atoms with van der Waals surface area (Å²) in [6.45, 7) is 0. The topological polar surface area (TPSA) is 74.5 Å². The van der Waals surface area contributed by atoms with Crippen LogP contribution in [0.2, 0.25) is 0 Å². The predicted molar refractivity (Wildman–Crippen MR) is 104 cm³/mol. The van der Waals surface area contributed by atoms with E-state index in [1.807, 2.05) is 24.3 Å². The lowest BCUT2D eigenvalue weighted by Crippen LogP contribution is -2.28. The number of hydrogen-bond acceptors (Lipinski definition) is 5. The van der Waals surface area contributed by atoms with E-state index < -0.39 is 6.10 Å². The standard InChI is InChI=1S/C19H16BrN3O2S/c20-12-5-3-4-11(8-12)15-9-16(25-23-15)18(24)22-19-14(10-21)13-6-1-2-7-17(13)26-19/h3-5,8,16H,1-2,6-7,9H2,(H,22,24). The van der Waals surface area contributed by atoms with Gasteiger partial charge in [0, 0.05) is 21.3 Å². The van der Waals surface area contributed by atoms with E-state index in [1.54, 1.807) is 0 Å². The number of aryl methyl sites for hydroxylation is 1. The molecule has 4 rings (SSSR count). The molecule has 0 fully saturated rings. The molecular formula is C19H16BrN3O2S. The fraction of sp³-hybridized carbons (Fsp3) is 0.316. The number of anilines is 1. The summed E-state index contributed by atoms with van der Waals surface area (Å²) in [4.78, 5) is 19.2. The summed E-state index contributed by atoms with van der Waals surface area (Å²) in [6, 6.07) is 10.0.